The molecule has 25 heavy (non-hydrogen) atoms. The van der Waals surface area contributed by atoms with Crippen LogP contribution in [0.25, 0.3) is 11.1 Å². The number of fused-ring (bicyclic) bond motifs is 3. The molecular formula is C19H24N4O2. The van der Waals surface area contributed by atoms with Crippen LogP contribution in [0.3, 0.4) is 0 Å². The van der Waals surface area contributed by atoms with Crippen molar-refractivity contribution >= 4 is 17.0 Å². The van der Waals surface area contributed by atoms with Gasteiger partial charge in [-0.3, -0.25) is 4.79 Å². The number of piperidine rings is 1. The summed E-state index contributed by atoms with van der Waals surface area (Å²) in [4.78, 5) is 19.9. The predicted octanol–water partition coefficient (Wildman–Crippen LogP) is 2.76. The Hall–Kier alpha value is -1.95. The van der Waals surface area contributed by atoms with E-state index in [-0.39, 0.29) is 5.91 Å². The van der Waals surface area contributed by atoms with E-state index in [0.29, 0.717) is 35.3 Å². The van der Waals surface area contributed by atoms with Gasteiger partial charge in [0.15, 0.2) is 0 Å². The first-order chi connectivity index (χ1) is 12.1. The molecule has 5 rings (SSSR count). The number of nitrogens with one attached hydrogen (secondary N) is 1. The van der Waals surface area contributed by atoms with E-state index < -0.39 is 0 Å². The molecule has 3 fully saturated rings. The zero-order valence-electron chi connectivity index (χ0n) is 14.8. The number of hydrogen-bond acceptors (Lipinski definition) is 5. The summed E-state index contributed by atoms with van der Waals surface area (Å²) in [5.74, 6) is 0.549. The number of nitrogens with zero attached hydrogens (tertiary/aromatic N) is 3. The number of amides is 1. The maximum atomic E-state index is 13.3. The summed E-state index contributed by atoms with van der Waals surface area (Å²) in [6, 6.07) is 3.42. The summed E-state index contributed by atoms with van der Waals surface area (Å²) in [7, 11) is 1.95. The van der Waals surface area contributed by atoms with Gasteiger partial charge in [0.05, 0.1) is 16.6 Å². The van der Waals surface area contributed by atoms with Crippen molar-refractivity contribution in [2.24, 2.45) is 0 Å². The maximum Gasteiger partial charge on any atom is 0.259 e. The number of aromatic nitrogens is 2. The Bertz CT molecular complexity index is 829. The zero-order chi connectivity index (χ0) is 17.1. The van der Waals surface area contributed by atoms with E-state index in [2.05, 4.69) is 15.5 Å². The molecule has 1 aliphatic carbocycles. The Balaban J connectivity index is 1.50. The van der Waals surface area contributed by atoms with Gasteiger partial charge in [-0.1, -0.05) is 5.16 Å². The third-order valence-corrected chi connectivity index (χ3v) is 6.18. The topological polar surface area (TPSA) is 71.3 Å². The second-order valence-electron chi connectivity index (χ2n) is 8.00. The Kier molecular flexibility index (Phi) is 3.39. The van der Waals surface area contributed by atoms with Gasteiger partial charge in [0.2, 0.25) is 0 Å². The molecule has 0 radical (unpaired) electrons. The second-order valence-corrected chi connectivity index (χ2v) is 8.00. The number of carbonyl (C=O) groups excluding carboxylic acids is 1. The lowest BCUT2D eigenvalue weighted by atomic mass is 9.97. The molecule has 1 N–H and O–H groups in total. The van der Waals surface area contributed by atoms with E-state index in [0.717, 1.165) is 42.5 Å². The third-order valence-electron chi connectivity index (χ3n) is 6.18. The highest BCUT2D eigenvalue weighted by atomic mass is 16.5. The van der Waals surface area contributed by atoms with Gasteiger partial charge >= 0.3 is 0 Å². The summed E-state index contributed by atoms with van der Waals surface area (Å²) < 4.78 is 5.39. The smallest absolute Gasteiger partial charge is 0.259 e. The number of carbonyl (C=O) groups is 1. The molecule has 0 spiro atoms. The first kappa shape index (κ1) is 15.3. The van der Waals surface area contributed by atoms with Crippen LogP contribution in [-0.4, -0.2) is 46.1 Å². The summed E-state index contributed by atoms with van der Waals surface area (Å²) in [5.41, 5.74) is 2.93. The van der Waals surface area contributed by atoms with Crippen LogP contribution in [0.5, 0.6) is 0 Å². The van der Waals surface area contributed by atoms with E-state index in [1.807, 2.05) is 24.9 Å². The van der Waals surface area contributed by atoms with Crippen LogP contribution in [0.2, 0.25) is 0 Å². The van der Waals surface area contributed by atoms with Crippen molar-refractivity contribution in [2.45, 2.75) is 69.5 Å². The SMILES string of the molecule is Cc1noc2nc(C3CC3)cc(C(=O)N(C)C3CC4CCC(C3)N4)c12. The van der Waals surface area contributed by atoms with E-state index in [9.17, 15) is 4.79 Å². The third kappa shape index (κ3) is 2.54. The molecule has 0 aromatic carbocycles. The van der Waals surface area contributed by atoms with Crippen molar-refractivity contribution in [2.75, 3.05) is 7.05 Å². The molecule has 2 bridgehead atoms. The van der Waals surface area contributed by atoms with Gasteiger partial charge in [0, 0.05) is 36.8 Å². The Morgan fingerprint density at radius 1 is 1.24 bits per heavy atom. The van der Waals surface area contributed by atoms with Crippen LogP contribution in [0, 0.1) is 6.92 Å². The molecular weight excluding hydrogens is 316 g/mol. The number of pyridine rings is 1. The summed E-state index contributed by atoms with van der Waals surface area (Å²) in [6.07, 6.45) is 6.86. The monoisotopic (exact) mass is 340 g/mol. The van der Waals surface area contributed by atoms with Gasteiger partial charge < -0.3 is 14.7 Å². The first-order valence-electron chi connectivity index (χ1n) is 9.40. The van der Waals surface area contributed by atoms with Gasteiger partial charge in [0.1, 0.15) is 0 Å². The fourth-order valence-corrected chi connectivity index (χ4v) is 4.57. The molecule has 2 aromatic rings. The van der Waals surface area contributed by atoms with Crippen LogP contribution in [0.4, 0.5) is 0 Å². The molecule has 6 heteroatoms. The molecule has 1 saturated carbocycles. The van der Waals surface area contributed by atoms with Gasteiger partial charge in [-0.2, -0.15) is 0 Å². The normalized spacial score (nSPS) is 28.5. The first-order valence-corrected chi connectivity index (χ1v) is 9.40. The number of rotatable bonds is 3. The maximum absolute atomic E-state index is 13.3. The van der Waals surface area contributed by atoms with E-state index in [4.69, 9.17) is 4.52 Å². The van der Waals surface area contributed by atoms with Crippen LogP contribution in [0.1, 0.15) is 66.2 Å². The lowest BCUT2D eigenvalue weighted by Crippen LogP contribution is -2.48. The molecule has 2 unspecified atom stereocenters. The van der Waals surface area contributed by atoms with Gasteiger partial charge in [-0.15, -0.1) is 0 Å². The number of hydrogen-bond donors (Lipinski definition) is 1. The van der Waals surface area contributed by atoms with Crippen molar-refractivity contribution in [1.82, 2.24) is 20.4 Å². The van der Waals surface area contributed by atoms with E-state index >= 15 is 0 Å². The largest absolute Gasteiger partial charge is 0.339 e. The van der Waals surface area contributed by atoms with Gasteiger partial charge in [0.25, 0.3) is 11.6 Å². The van der Waals surface area contributed by atoms with Crippen LogP contribution in [-0.2, 0) is 0 Å². The van der Waals surface area contributed by atoms with Crippen molar-refractivity contribution in [3.63, 3.8) is 0 Å². The minimum absolute atomic E-state index is 0.0758. The standard InChI is InChI=1S/C19H24N4O2/c1-10-17-15(9-16(11-3-4-11)21-18(17)25-22-10)19(24)23(2)14-7-12-5-6-13(8-14)20-12/h9,11-14,20H,3-8H2,1-2H3. The molecule has 132 valence electrons. The molecule has 6 nitrogen and oxygen atoms in total. The van der Waals surface area contributed by atoms with Crippen LogP contribution < -0.4 is 5.32 Å². The quantitative estimate of drug-likeness (QED) is 0.930. The van der Waals surface area contributed by atoms with Crippen molar-refractivity contribution in [1.29, 1.82) is 0 Å². The minimum Gasteiger partial charge on any atom is -0.339 e. The van der Waals surface area contributed by atoms with E-state index in [1.54, 1.807) is 0 Å². The molecule has 2 aromatic heterocycles. The van der Waals surface area contributed by atoms with Crippen LogP contribution >= 0.6 is 0 Å². The van der Waals surface area contributed by atoms with Crippen molar-refractivity contribution in [3.8, 4) is 0 Å². The molecule has 2 saturated heterocycles. The Labute approximate surface area is 146 Å². The summed E-state index contributed by atoms with van der Waals surface area (Å²) >= 11 is 0. The number of aryl methyl sites for hydroxylation is 1. The fraction of sp³-hybridized carbons (Fsp3) is 0.632. The molecule has 2 aliphatic heterocycles. The fourth-order valence-electron chi connectivity index (χ4n) is 4.57. The second kappa shape index (κ2) is 5.53. The molecule has 4 heterocycles. The minimum atomic E-state index is 0.0758. The summed E-state index contributed by atoms with van der Waals surface area (Å²) in [6.45, 7) is 1.88. The lowest BCUT2D eigenvalue weighted by Gasteiger charge is -2.35. The Morgan fingerprint density at radius 2 is 1.96 bits per heavy atom. The lowest BCUT2D eigenvalue weighted by molar-refractivity contribution is 0.0683. The molecule has 3 aliphatic rings. The van der Waals surface area contributed by atoms with Crippen LogP contribution in [0.15, 0.2) is 10.6 Å². The van der Waals surface area contributed by atoms with E-state index in [1.165, 1.54) is 12.8 Å². The highest BCUT2D eigenvalue weighted by molar-refractivity contribution is 6.06. The zero-order valence-corrected chi connectivity index (χ0v) is 14.8. The predicted molar refractivity (Wildman–Crippen MR) is 93.6 cm³/mol. The van der Waals surface area contributed by atoms with Gasteiger partial charge in [-0.25, -0.2) is 4.98 Å². The summed E-state index contributed by atoms with van der Waals surface area (Å²) in [5, 5.41) is 8.47. The van der Waals surface area contributed by atoms with Gasteiger partial charge in [-0.05, 0) is 51.5 Å². The highest BCUT2D eigenvalue weighted by Crippen LogP contribution is 2.41. The average Bonchev–Trinajstić information content (AvgIpc) is 3.34. The average molecular weight is 340 g/mol. The highest BCUT2D eigenvalue weighted by Gasteiger charge is 2.37. The molecule has 2 atom stereocenters. The van der Waals surface area contributed by atoms with Crippen molar-refractivity contribution in [3.05, 3.63) is 23.0 Å². The Morgan fingerprint density at radius 3 is 2.64 bits per heavy atom. The molecule has 1 amide bonds. The van der Waals surface area contributed by atoms with Crippen molar-refractivity contribution < 1.29 is 9.32 Å².